The Morgan fingerprint density at radius 1 is 0.714 bits per heavy atom. The summed E-state index contributed by atoms with van der Waals surface area (Å²) >= 11 is 0. The maximum atomic E-state index is 13.0. The van der Waals surface area contributed by atoms with Crippen molar-refractivity contribution in [3.05, 3.63) is 161 Å². The Kier molecular flexibility index (Phi) is 8.13. The summed E-state index contributed by atoms with van der Waals surface area (Å²) in [6.45, 7) is 2.96. The number of aromatic nitrogens is 2. The summed E-state index contributed by atoms with van der Waals surface area (Å²) in [6, 6.07) is 39.0. The first-order valence-corrected chi connectivity index (χ1v) is 16.5. The third-order valence-electron chi connectivity index (χ3n) is 9.69. The van der Waals surface area contributed by atoms with Gasteiger partial charge in [-0.3, -0.25) is 14.5 Å². The van der Waals surface area contributed by atoms with Crippen molar-refractivity contribution in [2.45, 2.75) is 45.1 Å². The van der Waals surface area contributed by atoms with E-state index in [4.69, 9.17) is 9.47 Å². The number of rotatable bonds is 8. The van der Waals surface area contributed by atoms with Crippen LogP contribution in [0.3, 0.4) is 0 Å². The van der Waals surface area contributed by atoms with E-state index in [-0.39, 0.29) is 43.1 Å². The van der Waals surface area contributed by atoms with Gasteiger partial charge in [-0.1, -0.05) is 97.9 Å². The standard InChI is InChI=1S/C41H35N3O5/c1-26-37(23-43-25-42-35-11-4-5-12-36(35)43)48-41(49-38(26)30-15-13-27(24-45)14-16-30)31-19-17-29(18-20-31)32-8-6-7-28(21-32)22-44-39(46)33-9-2-3-10-34(33)40(44)47/h2-21,25-26,37-38,41,45H,22-24H2,1H3. The number of hydrogen-bond donors (Lipinski definition) is 1. The van der Waals surface area contributed by atoms with Gasteiger partial charge in [0.2, 0.25) is 0 Å². The summed E-state index contributed by atoms with van der Waals surface area (Å²) in [5.41, 5.74) is 8.52. The van der Waals surface area contributed by atoms with E-state index in [1.54, 1.807) is 24.3 Å². The molecule has 1 fully saturated rings. The van der Waals surface area contributed by atoms with Gasteiger partial charge in [0.1, 0.15) is 0 Å². The molecule has 6 aromatic rings. The quantitative estimate of drug-likeness (QED) is 0.172. The van der Waals surface area contributed by atoms with E-state index >= 15 is 0 Å². The SMILES string of the molecule is CC1C(Cn2cnc3ccccc32)OC(c2ccc(-c3cccc(CN4C(=O)c5ccccc5C4=O)c3)cc2)OC1c1ccc(CO)cc1. The Labute approximate surface area is 284 Å². The molecule has 5 aromatic carbocycles. The van der Waals surface area contributed by atoms with Crippen molar-refractivity contribution in [1.82, 2.24) is 14.5 Å². The number of para-hydroxylation sites is 2. The Hall–Kier alpha value is -5.41. The van der Waals surface area contributed by atoms with Crippen molar-refractivity contribution in [2.75, 3.05) is 0 Å². The largest absolute Gasteiger partial charge is 0.392 e. The second-order valence-corrected chi connectivity index (χ2v) is 12.8. The molecule has 49 heavy (non-hydrogen) atoms. The van der Waals surface area contributed by atoms with Gasteiger partial charge in [-0.2, -0.15) is 0 Å². The van der Waals surface area contributed by atoms with Crippen LogP contribution in [0.2, 0.25) is 0 Å². The monoisotopic (exact) mass is 649 g/mol. The third kappa shape index (κ3) is 5.84. The topological polar surface area (TPSA) is 93.9 Å². The van der Waals surface area contributed by atoms with E-state index < -0.39 is 6.29 Å². The average Bonchev–Trinajstić information content (AvgIpc) is 3.66. The number of benzene rings is 5. The van der Waals surface area contributed by atoms with Crippen LogP contribution in [-0.4, -0.2) is 37.5 Å². The van der Waals surface area contributed by atoms with Crippen molar-refractivity contribution >= 4 is 22.8 Å². The van der Waals surface area contributed by atoms with E-state index in [0.717, 1.165) is 44.4 Å². The highest BCUT2D eigenvalue weighted by atomic mass is 16.7. The minimum atomic E-state index is -0.604. The molecule has 3 heterocycles. The number of aliphatic hydroxyl groups excluding tert-OH is 1. The fourth-order valence-electron chi connectivity index (χ4n) is 6.92. The molecule has 1 saturated heterocycles. The van der Waals surface area contributed by atoms with E-state index in [1.807, 2.05) is 97.3 Å². The number of amides is 2. The summed E-state index contributed by atoms with van der Waals surface area (Å²) in [5.74, 6) is -0.500. The highest BCUT2D eigenvalue weighted by molar-refractivity contribution is 6.21. The summed E-state index contributed by atoms with van der Waals surface area (Å²) in [4.78, 5) is 31.8. The van der Waals surface area contributed by atoms with Gasteiger partial charge in [0.05, 0.1) is 60.4 Å². The smallest absolute Gasteiger partial charge is 0.261 e. The third-order valence-corrected chi connectivity index (χ3v) is 9.69. The molecule has 0 radical (unpaired) electrons. The fraction of sp³-hybridized carbons (Fsp3) is 0.195. The number of ether oxygens (including phenoxy) is 2. The highest BCUT2D eigenvalue weighted by Gasteiger charge is 2.39. The lowest BCUT2D eigenvalue weighted by Gasteiger charge is -2.41. The van der Waals surface area contributed by atoms with Crippen molar-refractivity contribution in [3.8, 4) is 11.1 Å². The summed E-state index contributed by atoms with van der Waals surface area (Å²) in [5, 5.41) is 9.60. The van der Waals surface area contributed by atoms with Crippen LogP contribution < -0.4 is 0 Å². The van der Waals surface area contributed by atoms with Crippen molar-refractivity contribution in [2.24, 2.45) is 5.92 Å². The van der Waals surface area contributed by atoms with Crippen LogP contribution in [0, 0.1) is 5.92 Å². The number of nitrogens with zero attached hydrogens (tertiary/aromatic N) is 3. The second kappa shape index (κ2) is 12.9. The molecule has 0 bridgehead atoms. The van der Waals surface area contributed by atoms with Crippen LogP contribution in [0.5, 0.6) is 0 Å². The van der Waals surface area contributed by atoms with Gasteiger partial charge in [-0.15, -0.1) is 0 Å². The van der Waals surface area contributed by atoms with Gasteiger partial charge >= 0.3 is 0 Å². The predicted molar refractivity (Wildman–Crippen MR) is 185 cm³/mol. The molecule has 4 atom stereocenters. The maximum Gasteiger partial charge on any atom is 0.261 e. The predicted octanol–water partition coefficient (Wildman–Crippen LogP) is 7.48. The number of aliphatic hydroxyl groups is 1. The van der Waals surface area contributed by atoms with E-state index in [0.29, 0.717) is 17.7 Å². The van der Waals surface area contributed by atoms with Crippen molar-refractivity contribution in [3.63, 3.8) is 0 Å². The molecule has 8 heteroatoms. The lowest BCUT2D eigenvalue weighted by Crippen LogP contribution is -2.39. The summed E-state index contributed by atoms with van der Waals surface area (Å²) in [6.07, 6.45) is 0.864. The number of imidazole rings is 1. The summed E-state index contributed by atoms with van der Waals surface area (Å²) in [7, 11) is 0. The zero-order chi connectivity index (χ0) is 33.5. The number of imide groups is 1. The summed E-state index contributed by atoms with van der Waals surface area (Å²) < 4.78 is 15.5. The lowest BCUT2D eigenvalue weighted by atomic mass is 9.90. The molecule has 0 spiro atoms. The number of carbonyl (C=O) groups is 2. The number of hydrogen-bond acceptors (Lipinski definition) is 6. The van der Waals surface area contributed by atoms with Crippen molar-refractivity contribution in [1.29, 1.82) is 0 Å². The minimum Gasteiger partial charge on any atom is -0.392 e. The van der Waals surface area contributed by atoms with Crippen LogP contribution in [0.1, 0.15) is 62.3 Å². The maximum absolute atomic E-state index is 13.0. The molecular weight excluding hydrogens is 614 g/mol. The Morgan fingerprint density at radius 2 is 1.41 bits per heavy atom. The molecule has 8 nitrogen and oxygen atoms in total. The van der Waals surface area contributed by atoms with Crippen LogP contribution in [-0.2, 0) is 29.2 Å². The van der Waals surface area contributed by atoms with Gasteiger partial charge in [0, 0.05) is 11.5 Å². The Bertz CT molecular complexity index is 2120. The molecule has 2 amide bonds. The molecule has 1 N–H and O–H groups in total. The molecule has 0 aliphatic carbocycles. The molecule has 1 aromatic heterocycles. The second-order valence-electron chi connectivity index (χ2n) is 12.8. The molecule has 8 rings (SSSR count). The first kappa shape index (κ1) is 30.9. The van der Waals surface area contributed by atoms with Gasteiger partial charge in [-0.25, -0.2) is 4.98 Å². The zero-order valence-electron chi connectivity index (χ0n) is 27.0. The Balaban J connectivity index is 1.04. The van der Waals surface area contributed by atoms with Crippen LogP contribution in [0.25, 0.3) is 22.2 Å². The molecular formula is C41H35N3O5. The first-order valence-electron chi connectivity index (χ1n) is 16.5. The molecule has 2 aliphatic rings. The molecule has 0 saturated carbocycles. The number of carbonyl (C=O) groups excluding carboxylic acids is 2. The molecule has 2 aliphatic heterocycles. The van der Waals surface area contributed by atoms with Crippen LogP contribution in [0.15, 0.2) is 128 Å². The Morgan fingerprint density at radius 3 is 2.14 bits per heavy atom. The van der Waals surface area contributed by atoms with Crippen molar-refractivity contribution < 1.29 is 24.2 Å². The van der Waals surface area contributed by atoms with Gasteiger partial charge in [-0.05, 0) is 58.1 Å². The van der Waals surface area contributed by atoms with Gasteiger partial charge in [0.25, 0.3) is 11.8 Å². The molecule has 244 valence electrons. The van der Waals surface area contributed by atoms with Gasteiger partial charge < -0.3 is 19.1 Å². The van der Waals surface area contributed by atoms with Crippen LogP contribution in [0.4, 0.5) is 0 Å². The lowest BCUT2D eigenvalue weighted by molar-refractivity contribution is -0.276. The normalized spacial score (nSPS) is 20.6. The van der Waals surface area contributed by atoms with E-state index in [9.17, 15) is 14.7 Å². The fourth-order valence-corrected chi connectivity index (χ4v) is 6.92. The average molecular weight is 650 g/mol. The first-order chi connectivity index (χ1) is 24.0. The minimum absolute atomic E-state index is 0.0125. The van der Waals surface area contributed by atoms with E-state index in [1.165, 1.54) is 4.90 Å². The van der Waals surface area contributed by atoms with Crippen LogP contribution >= 0.6 is 0 Å². The molecule has 4 unspecified atom stereocenters. The highest BCUT2D eigenvalue weighted by Crippen LogP contribution is 2.42. The zero-order valence-corrected chi connectivity index (χ0v) is 27.0. The van der Waals surface area contributed by atoms with E-state index in [2.05, 4.69) is 22.5 Å². The van der Waals surface area contributed by atoms with Gasteiger partial charge in [0.15, 0.2) is 6.29 Å². The number of fused-ring (bicyclic) bond motifs is 2.